The Morgan fingerprint density at radius 1 is 0.875 bits per heavy atom. The summed E-state index contributed by atoms with van der Waals surface area (Å²) in [5.41, 5.74) is -0.102. The van der Waals surface area contributed by atoms with Crippen LogP contribution in [0.2, 0.25) is 0 Å². The fourth-order valence-electron chi connectivity index (χ4n) is 4.71. The van der Waals surface area contributed by atoms with E-state index in [2.05, 4.69) is 30.6 Å². The van der Waals surface area contributed by atoms with Crippen LogP contribution in [0.1, 0.15) is 60.8 Å². The molecule has 0 bridgehead atoms. The van der Waals surface area contributed by atoms with Crippen molar-refractivity contribution in [1.29, 1.82) is 0 Å². The van der Waals surface area contributed by atoms with Gasteiger partial charge in [0.1, 0.15) is 5.78 Å². The number of likely N-dealkylation sites (tertiary alicyclic amines) is 2. The second-order valence-electron chi connectivity index (χ2n) is 10.0. The van der Waals surface area contributed by atoms with Crippen LogP contribution >= 0.6 is 0 Å². The third kappa shape index (κ3) is 3.14. The number of piperidine rings is 2. The molecule has 0 spiro atoms. The maximum Gasteiger partial charge on any atom is 0.226 e. The first kappa shape index (κ1) is 17.9. The predicted molar refractivity (Wildman–Crippen MR) is 95.6 cm³/mol. The Morgan fingerprint density at radius 2 is 1.46 bits per heavy atom. The van der Waals surface area contributed by atoms with E-state index >= 15 is 0 Å². The molecule has 1 amide bonds. The Morgan fingerprint density at radius 3 is 1.96 bits per heavy atom. The van der Waals surface area contributed by atoms with Crippen LogP contribution in [0.3, 0.4) is 0 Å². The van der Waals surface area contributed by atoms with Gasteiger partial charge in [0.05, 0.1) is 0 Å². The van der Waals surface area contributed by atoms with Crippen molar-refractivity contribution in [2.24, 2.45) is 23.2 Å². The van der Waals surface area contributed by atoms with E-state index < -0.39 is 0 Å². The van der Waals surface area contributed by atoms with Crippen LogP contribution in [-0.2, 0) is 9.59 Å². The summed E-state index contributed by atoms with van der Waals surface area (Å²) in [6, 6.07) is 0.213. The number of fused-ring (bicyclic) bond motifs is 1. The minimum Gasteiger partial charge on any atom is -0.338 e. The molecule has 24 heavy (non-hydrogen) atoms. The molecule has 2 saturated heterocycles. The summed E-state index contributed by atoms with van der Waals surface area (Å²) in [6.45, 7) is 15.6. The van der Waals surface area contributed by atoms with Crippen molar-refractivity contribution >= 4 is 11.7 Å². The van der Waals surface area contributed by atoms with Crippen LogP contribution in [0.15, 0.2) is 0 Å². The number of hydrogen-bond acceptors (Lipinski definition) is 3. The molecular formula is C20H34N2O2. The first-order chi connectivity index (χ1) is 11.0. The van der Waals surface area contributed by atoms with E-state index in [1.807, 2.05) is 20.8 Å². The fraction of sp³-hybridized carbons (Fsp3) is 0.900. The van der Waals surface area contributed by atoms with E-state index in [0.29, 0.717) is 17.6 Å². The summed E-state index contributed by atoms with van der Waals surface area (Å²) in [6.07, 6.45) is 2.94. The highest BCUT2D eigenvalue weighted by Gasteiger charge is 2.63. The standard InChI is InChI=1S/C20H34N2O2/c1-19(2,3)17(23)15-14-9-12-22(16(14)15)18(24)13-7-10-21(11-8-13)20(4,5)6/h13-16H,7-12H2,1-6H3. The Bertz CT molecular complexity index is 521. The van der Waals surface area contributed by atoms with Crippen LogP contribution in [0.4, 0.5) is 0 Å². The Hall–Kier alpha value is -0.900. The third-order valence-corrected chi connectivity index (χ3v) is 6.31. The molecule has 0 aromatic heterocycles. The Kier molecular flexibility index (Phi) is 4.35. The quantitative estimate of drug-likeness (QED) is 0.779. The molecule has 0 radical (unpaired) electrons. The number of Topliss-reactive ketones (excluding diaryl/α,β-unsaturated/α-hetero) is 1. The molecule has 3 unspecified atom stereocenters. The van der Waals surface area contributed by atoms with E-state index in [9.17, 15) is 9.59 Å². The second-order valence-corrected chi connectivity index (χ2v) is 10.0. The molecule has 0 aromatic rings. The monoisotopic (exact) mass is 334 g/mol. The normalized spacial score (nSPS) is 31.9. The topological polar surface area (TPSA) is 40.6 Å². The number of amides is 1. The molecule has 2 aliphatic heterocycles. The highest BCUT2D eigenvalue weighted by Crippen LogP contribution is 2.54. The lowest BCUT2D eigenvalue weighted by Crippen LogP contribution is -2.49. The largest absolute Gasteiger partial charge is 0.338 e. The summed E-state index contributed by atoms with van der Waals surface area (Å²) in [5.74, 6) is 1.37. The molecule has 3 atom stereocenters. The highest BCUT2D eigenvalue weighted by atomic mass is 16.2. The van der Waals surface area contributed by atoms with Crippen LogP contribution in [0.5, 0.6) is 0 Å². The van der Waals surface area contributed by atoms with Gasteiger partial charge in [-0.25, -0.2) is 0 Å². The Labute approximate surface area is 146 Å². The summed E-state index contributed by atoms with van der Waals surface area (Å²) >= 11 is 0. The molecule has 136 valence electrons. The maximum atomic E-state index is 13.0. The summed E-state index contributed by atoms with van der Waals surface area (Å²) < 4.78 is 0. The van der Waals surface area contributed by atoms with Gasteiger partial charge in [-0.15, -0.1) is 0 Å². The van der Waals surface area contributed by atoms with E-state index in [1.54, 1.807) is 0 Å². The molecule has 3 rings (SSSR count). The lowest BCUT2D eigenvalue weighted by atomic mass is 9.86. The zero-order chi connectivity index (χ0) is 17.9. The van der Waals surface area contributed by atoms with Gasteiger partial charge in [0.2, 0.25) is 5.91 Å². The first-order valence-corrected chi connectivity index (χ1v) is 9.61. The van der Waals surface area contributed by atoms with Gasteiger partial charge in [0.25, 0.3) is 0 Å². The minimum atomic E-state index is -0.290. The zero-order valence-electron chi connectivity index (χ0n) is 16.3. The number of rotatable bonds is 2. The van der Waals surface area contributed by atoms with Gasteiger partial charge in [-0.3, -0.25) is 14.5 Å². The molecule has 1 saturated carbocycles. The van der Waals surface area contributed by atoms with Gasteiger partial charge < -0.3 is 4.90 Å². The van der Waals surface area contributed by atoms with Crippen molar-refractivity contribution in [3.05, 3.63) is 0 Å². The lowest BCUT2D eigenvalue weighted by Gasteiger charge is -2.41. The van der Waals surface area contributed by atoms with Crippen LogP contribution < -0.4 is 0 Å². The number of ketones is 1. The van der Waals surface area contributed by atoms with Crippen molar-refractivity contribution in [2.45, 2.75) is 72.4 Å². The number of carbonyl (C=O) groups is 2. The molecule has 3 fully saturated rings. The highest BCUT2D eigenvalue weighted by molar-refractivity contribution is 5.91. The number of carbonyl (C=O) groups excluding carboxylic acids is 2. The average Bonchev–Trinajstić information content (AvgIpc) is 3.03. The minimum absolute atomic E-state index is 0.109. The summed E-state index contributed by atoms with van der Waals surface area (Å²) in [5, 5.41) is 0. The van der Waals surface area contributed by atoms with Crippen LogP contribution in [-0.4, -0.2) is 52.7 Å². The van der Waals surface area contributed by atoms with Crippen LogP contribution in [0.25, 0.3) is 0 Å². The molecule has 0 aromatic carbocycles. The van der Waals surface area contributed by atoms with E-state index in [-0.39, 0.29) is 28.8 Å². The van der Waals surface area contributed by atoms with Gasteiger partial charge in [-0.2, -0.15) is 0 Å². The molecule has 2 heterocycles. The SMILES string of the molecule is CC(C)(C)C(=O)C1C2CCN(C(=O)C3CCN(C(C)(C)C)CC3)C21. The summed E-state index contributed by atoms with van der Waals surface area (Å²) in [7, 11) is 0. The zero-order valence-corrected chi connectivity index (χ0v) is 16.3. The number of hydrogen-bond donors (Lipinski definition) is 0. The van der Waals surface area contributed by atoms with Gasteiger partial charge in [-0.05, 0) is 59.0 Å². The van der Waals surface area contributed by atoms with E-state index in [4.69, 9.17) is 0 Å². The van der Waals surface area contributed by atoms with E-state index in [1.165, 1.54) is 0 Å². The summed E-state index contributed by atoms with van der Waals surface area (Å²) in [4.78, 5) is 30.1. The fourth-order valence-corrected chi connectivity index (χ4v) is 4.71. The Balaban J connectivity index is 1.59. The van der Waals surface area contributed by atoms with Gasteiger partial charge in [0, 0.05) is 35.4 Å². The maximum absolute atomic E-state index is 13.0. The molecule has 4 heteroatoms. The third-order valence-electron chi connectivity index (χ3n) is 6.31. The lowest BCUT2D eigenvalue weighted by molar-refractivity contribution is -0.138. The molecule has 0 N–H and O–H groups in total. The molecule has 1 aliphatic carbocycles. The van der Waals surface area contributed by atoms with Crippen molar-refractivity contribution in [1.82, 2.24) is 9.80 Å². The molecule has 3 aliphatic rings. The average molecular weight is 335 g/mol. The predicted octanol–water partition coefficient (Wildman–Crippen LogP) is 2.96. The van der Waals surface area contributed by atoms with Gasteiger partial charge in [-0.1, -0.05) is 20.8 Å². The van der Waals surface area contributed by atoms with Crippen molar-refractivity contribution in [3.8, 4) is 0 Å². The van der Waals surface area contributed by atoms with E-state index in [0.717, 1.165) is 38.9 Å². The number of nitrogens with zero attached hydrogens (tertiary/aromatic N) is 2. The van der Waals surface area contributed by atoms with Crippen molar-refractivity contribution < 1.29 is 9.59 Å². The van der Waals surface area contributed by atoms with Crippen molar-refractivity contribution in [3.63, 3.8) is 0 Å². The van der Waals surface area contributed by atoms with Crippen molar-refractivity contribution in [2.75, 3.05) is 19.6 Å². The molecular weight excluding hydrogens is 300 g/mol. The van der Waals surface area contributed by atoms with Gasteiger partial charge >= 0.3 is 0 Å². The molecule has 4 nitrogen and oxygen atoms in total. The van der Waals surface area contributed by atoms with Gasteiger partial charge in [0.15, 0.2) is 0 Å². The second kappa shape index (κ2) is 5.82. The smallest absolute Gasteiger partial charge is 0.226 e. The van der Waals surface area contributed by atoms with Crippen LogP contribution in [0, 0.1) is 23.2 Å². The first-order valence-electron chi connectivity index (χ1n) is 9.61.